The maximum atomic E-state index is 5.66. The van der Waals surface area contributed by atoms with Gasteiger partial charge in [0.15, 0.2) is 5.76 Å². The first-order valence-corrected chi connectivity index (χ1v) is 4.92. The molecule has 0 aliphatic carbocycles. The maximum Gasteiger partial charge on any atom is 0.152 e. The number of rotatable bonds is 2. The van der Waals surface area contributed by atoms with Crippen molar-refractivity contribution >= 4 is 0 Å². The minimum absolute atomic E-state index is 0.427. The molecule has 2 rings (SSSR count). The third kappa shape index (κ3) is 1.57. The molecule has 4 heteroatoms. The summed E-state index contributed by atoms with van der Waals surface area (Å²) < 4.78 is 7.59. The largest absolute Gasteiger partial charge is 0.460 e. The summed E-state index contributed by atoms with van der Waals surface area (Å²) in [6, 6.07) is 3.89. The fraction of sp³-hybridized carbons (Fsp3) is 0.364. The second-order valence-electron chi connectivity index (χ2n) is 3.63. The molecule has 0 radical (unpaired) electrons. The van der Waals surface area contributed by atoms with Gasteiger partial charge in [-0.1, -0.05) is 0 Å². The molecule has 0 saturated heterocycles. The number of nitrogens with zero attached hydrogens (tertiary/aromatic N) is 2. The first-order chi connectivity index (χ1) is 7.13. The van der Waals surface area contributed by atoms with Crippen molar-refractivity contribution in [3.05, 3.63) is 29.4 Å². The predicted molar refractivity (Wildman–Crippen MR) is 58.3 cm³/mol. The molecule has 80 valence electrons. The Balaban J connectivity index is 2.60. The lowest BCUT2D eigenvalue weighted by Gasteiger charge is -2.01. The van der Waals surface area contributed by atoms with E-state index in [-0.39, 0.29) is 0 Å². The molecule has 0 saturated carbocycles. The molecule has 2 aromatic heterocycles. The average Bonchev–Trinajstić information content (AvgIpc) is 2.73. The highest BCUT2D eigenvalue weighted by Gasteiger charge is 2.15. The third-order valence-corrected chi connectivity index (χ3v) is 2.56. The van der Waals surface area contributed by atoms with Gasteiger partial charge >= 0.3 is 0 Å². The van der Waals surface area contributed by atoms with Crippen molar-refractivity contribution in [2.24, 2.45) is 12.8 Å². The Morgan fingerprint density at radius 3 is 2.67 bits per heavy atom. The van der Waals surface area contributed by atoms with E-state index in [0.717, 1.165) is 28.7 Å². The average molecular weight is 205 g/mol. The minimum Gasteiger partial charge on any atom is -0.460 e. The number of aryl methyl sites for hydroxylation is 2. The second-order valence-corrected chi connectivity index (χ2v) is 3.63. The molecule has 0 unspecified atom stereocenters. The lowest BCUT2D eigenvalue weighted by atomic mass is 10.2. The van der Waals surface area contributed by atoms with Crippen molar-refractivity contribution in [2.45, 2.75) is 20.4 Å². The van der Waals surface area contributed by atoms with Gasteiger partial charge in [-0.25, -0.2) is 4.98 Å². The first kappa shape index (κ1) is 9.98. The van der Waals surface area contributed by atoms with Gasteiger partial charge in [0.2, 0.25) is 0 Å². The van der Waals surface area contributed by atoms with E-state index in [1.807, 2.05) is 37.6 Å². The number of furan rings is 1. The van der Waals surface area contributed by atoms with Crippen molar-refractivity contribution in [3.63, 3.8) is 0 Å². The van der Waals surface area contributed by atoms with E-state index < -0.39 is 0 Å². The summed E-state index contributed by atoms with van der Waals surface area (Å²) >= 11 is 0. The van der Waals surface area contributed by atoms with Crippen LogP contribution < -0.4 is 5.73 Å². The van der Waals surface area contributed by atoms with Crippen LogP contribution in [0.1, 0.15) is 17.3 Å². The highest BCUT2D eigenvalue weighted by atomic mass is 16.3. The Morgan fingerprint density at radius 2 is 2.13 bits per heavy atom. The Bertz CT molecular complexity index is 482. The number of imidazole rings is 1. The van der Waals surface area contributed by atoms with Gasteiger partial charge in [0.05, 0.1) is 5.69 Å². The summed E-state index contributed by atoms with van der Waals surface area (Å²) in [5.41, 5.74) is 7.51. The van der Waals surface area contributed by atoms with E-state index in [4.69, 9.17) is 10.2 Å². The van der Waals surface area contributed by atoms with Crippen LogP contribution in [0.25, 0.3) is 11.5 Å². The first-order valence-electron chi connectivity index (χ1n) is 4.92. The van der Waals surface area contributed by atoms with Crippen molar-refractivity contribution in [1.82, 2.24) is 9.55 Å². The lowest BCUT2D eigenvalue weighted by Crippen LogP contribution is -2.00. The summed E-state index contributed by atoms with van der Waals surface area (Å²) in [6.45, 7) is 4.31. The van der Waals surface area contributed by atoms with Crippen LogP contribution in [0.3, 0.4) is 0 Å². The minimum atomic E-state index is 0.427. The van der Waals surface area contributed by atoms with Gasteiger partial charge in [-0.15, -0.1) is 0 Å². The highest BCUT2D eigenvalue weighted by molar-refractivity contribution is 5.57. The number of hydrogen-bond donors (Lipinski definition) is 1. The quantitative estimate of drug-likeness (QED) is 0.812. The Morgan fingerprint density at radius 1 is 1.40 bits per heavy atom. The van der Waals surface area contributed by atoms with Crippen molar-refractivity contribution in [1.29, 1.82) is 0 Å². The predicted octanol–water partition coefficient (Wildman–Crippen LogP) is 1.76. The van der Waals surface area contributed by atoms with Gasteiger partial charge in [-0.05, 0) is 26.0 Å². The second kappa shape index (κ2) is 3.55. The zero-order valence-electron chi connectivity index (χ0n) is 9.24. The zero-order chi connectivity index (χ0) is 11.0. The van der Waals surface area contributed by atoms with Crippen LogP contribution >= 0.6 is 0 Å². The molecule has 0 amide bonds. The highest BCUT2D eigenvalue weighted by Crippen LogP contribution is 2.25. The molecule has 4 nitrogen and oxygen atoms in total. The van der Waals surface area contributed by atoms with Gasteiger partial charge < -0.3 is 14.7 Å². The molecule has 15 heavy (non-hydrogen) atoms. The van der Waals surface area contributed by atoms with Crippen molar-refractivity contribution < 1.29 is 4.42 Å². The SMILES string of the molecule is Cc1ccc(-c2c(CN)nc(C)n2C)o1. The van der Waals surface area contributed by atoms with Crippen LogP contribution in [0.15, 0.2) is 16.5 Å². The third-order valence-electron chi connectivity index (χ3n) is 2.56. The van der Waals surface area contributed by atoms with Gasteiger partial charge in [-0.3, -0.25) is 0 Å². The topological polar surface area (TPSA) is 57.0 Å². The van der Waals surface area contributed by atoms with Gasteiger partial charge in [0.1, 0.15) is 17.3 Å². The molecule has 0 aliphatic heterocycles. The zero-order valence-corrected chi connectivity index (χ0v) is 9.24. The molecule has 0 bridgehead atoms. The van der Waals surface area contributed by atoms with Crippen LogP contribution in [0.5, 0.6) is 0 Å². The maximum absolute atomic E-state index is 5.66. The smallest absolute Gasteiger partial charge is 0.152 e. The standard InChI is InChI=1S/C11H15N3O/c1-7-4-5-10(15-7)11-9(6-12)13-8(2)14(11)3/h4-5H,6,12H2,1-3H3. The summed E-state index contributed by atoms with van der Waals surface area (Å²) in [4.78, 5) is 4.39. The summed E-state index contributed by atoms with van der Waals surface area (Å²) in [7, 11) is 1.97. The van der Waals surface area contributed by atoms with E-state index in [9.17, 15) is 0 Å². The van der Waals surface area contributed by atoms with E-state index in [1.54, 1.807) is 0 Å². The van der Waals surface area contributed by atoms with E-state index >= 15 is 0 Å². The normalized spacial score (nSPS) is 10.9. The van der Waals surface area contributed by atoms with Gasteiger partial charge in [0, 0.05) is 13.6 Å². The molecule has 2 N–H and O–H groups in total. The molecule has 0 aliphatic rings. The van der Waals surface area contributed by atoms with Gasteiger partial charge in [-0.2, -0.15) is 0 Å². The Hall–Kier alpha value is -1.55. The van der Waals surface area contributed by atoms with Gasteiger partial charge in [0.25, 0.3) is 0 Å². The molecule has 2 aromatic rings. The number of hydrogen-bond acceptors (Lipinski definition) is 3. The monoisotopic (exact) mass is 205 g/mol. The molecule has 0 atom stereocenters. The number of nitrogens with two attached hydrogens (primary N) is 1. The van der Waals surface area contributed by atoms with Crippen molar-refractivity contribution in [2.75, 3.05) is 0 Å². The fourth-order valence-corrected chi connectivity index (χ4v) is 1.69. The van der Waals surface area contributed by atoms with Crippen LogP contribution in [0, 0.1) is 13.8 Å². The van der Waals surface area contributed by atoms with Crippen LogP contribution in [-0.2, 0) is 13.6 Å². The molecule has 2 heterocycles. The van der Waals surface area contributed by atoms with E-state index in [2.05, 4.69) is 4.98 Å². The summed E-state index contributed by atoms with van der Waals surface area (Å²) in [6.07, 6.45) is 0. The summed E-state index contributed by atoms with van der Waals surface area (Å²) in [5, 5.41) is 0. The summed E-state index contributed by atoms with van der Waals surface area (Å²) in [5.74, 6) is 2.67. The van der Waals surface area contributed by atoms with E-state index in [0.29, 0.717) is 6.54 Å². The Kier molecular flexibility index (Phi) is 2.36. The molecular formula is C11H15N3O. The molecule has 0 aromatic carbocycles. The van der Waals surface area contributed by atoms with Crippen LogP contribution in [-0.4, -0.2) is 9.55 Å². The molecule has 0 fully saturated rings. The molecular weight excluding hydrogens is 190 g/mol. The molecule has 0 spiro atoms. The van der Waals surface area contributed by atoms with Crippen LogP contribution in [0.4, 0.5) is 0 Å². The van der Waals surface area contributed by atoms with E-state index in [1.165, 1.54) is 0 Å². The van der Waals surface area contributed by atoms with Crippen LogP contribution in [0.2, 0.25) is 0 Å². The lowest BCUT2D eigenvalue weighted by molar-refractivity contribution is 0.542. The van der Waals surface area contributed by atoms with Crippen molar-refractivity contribution in [3.8, 4) is 11.5 Å². The number of aromatic nitrogens is 2. The fourth-order valence-electron chi connectivity index (χ4n) is 1.69. The Labute approximate surface area is 88.7 Å².